The summed E-state index contributed by atoms with van der Waals surface area (Å²) in [7, 11) is 0. The van der Waals surface area contributed by atoms with Gasteiger partial charge in [0.25, 0.3) is 0 Å². The molecule has 2 nitrogen and oxygen atoms in total. The molecule has 2 aromatic carbocycles. The molecule has 1 heterocycles. The van der Waals surface area contributed by atoms with E-state index >= 15 is 0 Å². The molecule has 0 radical (unpaired) electrons. The van der Waals surface area contributed by atoms with Gasteiger partial charge < -0.3 is 5.32 Å². The molecule has 0 amide bonds. The molecule has 4 rings (SSSR count). The summed E-state index contributed by atoms with van der Waals surface area (Å²) in [5.41, 5.74) is 7.60. The lowest BCUT2D eigenvalue weighted by atomic mass is 10.0. The molecular formula is C26H27N2+. The first kappa shape index (κ1) is 18.2. The number of allylic oxidation sites excluding steroid dienone is 2. The fourth-order valence-electron chi connectivity index (χ4n) is 4.18. The Morgan fingerprint density at radius 1 is 1.00 bits per heavy atom. The zero-order chi connectivity index (χ0) is 19.7. The van der Waals surface area contributed by atoms with Crippen LogP contribution in [0.25, 0.3) is 6.08 Å². The van der Waals surface area contributed by atoms with Gasteiger partial charge in [-0.1, -0.05) is 48.1 Å². The van der Waals surface area contributed by atoms with Gasteiger partial charge in [0.05, 0.1) is 5.22 Å². The summed E-state index contributed by atoms with van der Waals surface area (Å²) in [5.74, 6) is 0. The van der Waals surface area contributed by atoms with Crippen molar-refractivity contribution in [2.75, 3.05) is 5.32 Å². The van der Waals surface area contributed by atoms with Gasteiger partial charge in [-0.15, -0.1) is 0 Å². The number of rotatable bonds is 3. The molecule has 0 fully saturated rings. The molecule has 28 heavy (non-hydrogen) atoms. The lowest BCUT2D eigenvalue weighted by molar-refractivity contribution is -0.519. The fourth-order valence-corrected chi connectivity index (χ4v) is 4.18. The number of nitrogens with zero attached hydrogens (tertiary/aromatic N) is 1. The molecule has 0 saturated carbocycles. The van der Waals surface area contributed by atoms with Gasteiger partial charge >= 0.3 is 0 Å². The van der Waals surface area contributed by atoms with Gasteiger partial charge in [0.2, 0.25) is 11.0 Å². The first-order chi connectivity index (χ1) is 13.5. The Kier molecular flexibility index (Phi) is 4.87. The van der Waals surface area contributed by atoms with Crippen LogP contribution in [0.1, 0.15) is 27.9 Å². The summed E-state index contributed by atoms with van der Waals surface area (Å²) in [6.45, 7) is 11.6. The van der Waals surface area contributed by atoms with Crippen LogP contribution in [0.15, 0.2) is 60.7 Å². The Hall–Kier alpha value is -3.13. The lowest BCUT2D eigenvalue weighted by Crippen LogP contribution is -2.27. The summed E-state index contributed by atoms with van der Waals surface area (Å²) < 4.78 is 2.06. The molecule has 2 heteroatoms. The van der Waals surface area contributed by atoms with Gasteiger partial charge in [0, 0.05) is 17.8 Å². The van der Waals surface area contributed by atoms with Gasteiger partial charge in [-0.3, -0.25) is 0 Å². The van der Waals surface area contributed by atoms with Crippen molar-refractivity contribution >= 4 is 11.8 Å². The van der Waals surface area contributed by atoms with Crippen molar-refractivity contribution in [3.63, 3.8) is 0 Å². The number of fused-ring (bicyclic) bond motifs is 1. The van der Waals surface area contributed by atoms with E-state index in [0.29, 0.717) is 0 Å². The maximum atomic E-state index is 4.36. The predicted molar refractivity (Wildman–Crippen MR) is 116 cm³/mol. The Balaban J connectivity index is 1.81. The summed E-state index contributed by atoms with van der Waals surface area (Å²) in [5, 5.41) is 7.31. The largest absolute Gasteiger partial charge is 0.375 e. The molecule has 0 aliphatic heterocycles. The first-order valence-corrected chi connectivity index (χ1v) is 9.83. The van der Waals surface area contributed by atoms with Gasteiger partial charge in [-0.2, -0.15) is 4.24 Å². The number of nitrogens with one attached hydrogen (secondary N) is 1. The van der Waals surface area contributed by atoms with Crippen LogP contribution in [-0.4, -0.2) is 0 Å². The van der Waals surface area contributed by atoms with Crippen molar-refractivity contribution in [3.05, 3.63) is 111 Å². The second-order valence-electron chi connectivity index (χ2n) is 7.63. The first-order valence-electron chi connectivity index (χ1n) is 9.83. The second kappa shape index (κ2) is 7.47. The van der Waals surface area contributed by atoms with Gasteiger partial charge in [0.15, 0.2) is 0 Å². The van der Waals surface area contributed by atoms with Crippen molar-refractivity contribution in [3.8, 4) is 0 Å². The van der Waals surface area contributed by atoms with Crippen molar-refractivity contribution in [2.45, 2.75) is 33.7 Å². The molecule has 1 N–H and O–H groups in total. The minimum Gasteiger partial charge on any atom is -0.375 e. The molecule has 0 atom stereocenters. The van der Waals surface area contributed by atoms with Crippen LogP contribution in [0.2, 0.25) is 0 Å². The van der Waals surface area contributed by atoms with E-state index in [2.05, 4.69) is 104 Å². The van der Waals surface area contributed by atoms with E-state index in [0.717, 1.165) is 24.0 Å². The van der Waals surface area contributed by atoms with E-state index in [1.807, 2.05) is 0 Å². The van der Waals surface area contributed by atoms with Crippen LogP contribution in [0.3, 0.4) is 0 Å². The molecule has 3 aromatic rings. The Bertz CT molecular complexity index is 1260. The quantitative estimate of drug-likeness (QED) is 0.682. The van der Waals surface area contributed by atoms with Crippen molar-refractivity contribution in [1.82, 2.24) is 0 Å². The van der Waals surface area contributed by atoms with E-state index in [-0.39, 0.29) is 0 Å². The van der Waals surface area contributed by atoms with Crippen molar-refractivity contribution < 1.29 is 4.24 Å². The highest BCUT2D eigenvalue weighted by molar-refractivity contribution is 5.58. The van der Waals surface area contributed by atoms with Gasteiger partial charge in [-0.05, 0) is 61.2 Å². The molecular weight excluding hydrogens is 340 g/mol. The predicted octanol–water partition coefficient (Wildman–Crippen LogP) is 4.33. The van der Waals surface area contributed by atoms with E-state index in [1.54, 1.807) is 0 Å². The third-order valence-corrected chi connectivity index (χ3v) is 5.51. The average Bonchev–Trinajstić information content (AvgIpc) is 2.68. The third kappa shape index (κ3) is 3.38. The maximum Gasteiger partial charge on any atom is 0.218 e. The minimum atomic E-state index is 0.737. The number of hydrogen-bond donors (Lipinski definition) is 1. The second-order valence-corrected chi connectivity index (χ2v) is 7.63. The van der Waals surface area contributed by atoms with Crippen LogP contribution in [0.5, 0.6) is 0 Å². The van der Waals surface area contributed by atoms with Gasteiger partial charge in [0.1, 0.15) is 13.3 Å². The molecule has 0 bridgehead atoms. The van der Waals surface area contributed by atoms with Crippen LogP contribution in [0.4, 0.5) is 5.69 Å². The fraction of sp³-hybridized carbons (Fsp3) is 0.192. The summed E-state index contributed by atoms with van der Waals surface area (Å²) >= 11 is 0. The molecule has 1 aliphatic carbocycles. The van der Waals surface area contributed by atoms with E-state index in [4.69, 9.17) is 0 Å². The Labute approximate surface area is 166 Å². The minimum absolute atomic E-state index is 0.737. The van der Waals surface area contributed by atoms with Gasteiger partial charge in [-0.25, -0.2) is 0 Å². The van der Waals surface area contributed by atoms with E-state index in [9.17, 15) is 0 Å². The smallest absolute Gasteiger partial charge is 0.218 e. The van der Waals surface area contributed by atoms with Crippen LogP contribution in [-0.2, 0) is 13.0 Å². The molecule has 0 unspecified atom stereocenters. The summed E-state index contributed by atoms with van der Waals surface area (Å²) in [6, 6.07) is 17.4. The van der Waals surface area contributed by atoms with Crippen LogP contribution >= 0.6 is 0 Å². The molecule has 1 aliphatic rings. The Morgan fingerprint density at radius 3 is 2.54 bits per heavy atom. The number of hydrogen-bond acceptors (Lipinski definition) is 1. The van der Waals surface area contributed by atoms with Crippen molar-refractivity contribution in [2.24, 2.45) is 0 Å². The van der Waals surface area contributed by atoms with E-state index in [1.165, 1.54) is 38.4 Å². The monoisotopic (exact) mass is 367 g/mol. The van der Waals surface area contributed by atoms with E-state index < -0.39 is 0 Å². The normalized spacial score (nSPS) is 13.7. The topological polar surface area (TPSA) is 17.9 Å². The molecule has 1 aromatic heterocycles. The highest BCUT2D eigenvalue weighted by Gasteiger charge is 2.09. The Morgan fingerprint density at radius 2 is 1.75 bits per heavy atom. The van der Waals surface area contributed by atoms with Crippen molar-refractivity contribution in [1.29, 1.82) is 0 Å². The zero-order valence-electron chi connectivity index (χ0n) is 16.9. The van der Waals surface area contributed by atoms with Crippen LogP contribution < -0.4 is 14.8 Å². The SMILES string of the molecule is C=[n+]1c(CNc2c(C)cc(C)cc2C)cccc1=c1cccc2c1=CC=CC2. The molecule has 0 saturated heterocycles. The average molecular weight is 368 g/mol. The molecule has 0 spiro atoms. The summed E-state index contributed by atoms with van der Waals surface area (Å²) in [4.78, 5) is 0. The summed E-state index contributed by atoms with van der Waals surface area (Å²) in [6.07, 6.45) is 7.55. The van der Waals surface area contributed by atoms with Crippen LogP contribution in [0, 0.1) is 38.1 Å². The lowest BCUT2D eigenvalue weighted by Gasteiger charge is -2.12. The highest BCUT2D eigenvalue weighted by atomic mass is 14.9. The number of pyridine rings is 1. The highest BCUT2D eigenvalue weighted by Crippen LogP contribution is 2.22. The number of benzene rings is 2. The standard InChI is InChI=1S/C26H27N2/c1-18-15-19(2)26(20(3)16-18)27-17-22-11-8-14-25(28(22)4)24-13-7-10-21-9-5-6-12-23(21)24/h5-8,10-16,27H,4,9,17H2,1-3H3/q+1. The molecule has 140 valence electrons. The number of aromatic nitrogens is 1. The number of aryl methyl sites for hydroxylation is 3. The maximum absolute atomic E-state index is 4.36. The zero-order valence-corrected chi connectivity index (χ0v) is 16.9. The number of anilines is 1. The third-order valence-electron chi connectivity index (χ3n) is 5.51.